The summed E-state index contributed by atoms with van der Waals surface area (Å²) in [6.45, 7) is 1.93. The third-order valence-electron chi connectivity index (χ3n) is 5.78. The van der Waals surface area contributed by atoms with Gasteiger partial charge < -0.3 is 11.5 Å². The largest absolute Gasteiger partial charge is 0.369 e. The van der Waals surface area contributed by atoms with E-state index in [1.54, 1.807) is 12.1 Å². The van der Waals surface area contributed by atoms with E-state index in [1.807, 2.05) is 48.2 Å². The maximum atomic E-state index is 12.7. The highest BCUT2D eigenvalue weighted by molar-refractivity contribution is 7.90. The molecule has 7 nitrogen and oxygen atoms in total. The summed E-state index contributed by atoms with van der Waals surface area (Å²) < 4.78 is 25.5. The van der Waals surface area contributed by atoms with Crippen LogP contribution in [0.2, 0.25) is 0 Å². The highest BCUT2D eigenvalue weighted by Crippen LogP contribution is 2.39. The van der Waals surface area contributed by atoms with Gasteiger partial charge in [-0.3, -0.25) is 4.90 Å². The summed E-state index contributed by atoms with van der Waals surface area (Å²) in [6, 6.07) is 14.3. The van der Waals surface area contributed by atoms with Gasteiger partial charge in [0.15, 0.2) is 9.84 Å². The molecule has 0 unspecified atom stereocenters. The monoisotopic (exact) mass is 425 g/mol. The maximum Gasteiger partial charge on any atom is 0.220 e. The van der Waals surface area contributed by atoms with Crippen LogP contribution in [0, 0.1) is 6.92 Å². The van der Waals surface area contributed by atoms with Crippen molar-refractivity contribution >= 4 is 27.4 Å². The van der Waals surface area contributed by atoms with Crippen LogP contribution < -0.4 is 16.4 Å². The van der Waals surface area contributed by atoms with E-state index in [0.717, 1.165) is 43.4 Å². The van der Waals surface area contributed by atoms with Gasteiger partial charge in [0.05, 0.1) is 10.6 Å². The fourth-order valence-electron chi connectivity index (χ4n) is 4.28. The van der Waals surface area contributed by atoms with E-state index in [-0.39, 0.29) is 11.7 Å². The number of aliphatic imine (C=N–C) groups is 2. The van der Waals surface area contributed by atoms with Crippen molar-refractivity contribution in [3.05, 3.63) is 59.7 Å². The normalized spacial score (nSPS) is 18.8. The number of sulfone groups is 1. The molecule has 1 heterocycles. The van der Waals surface area contributed by atoms with Crippen molar-refractivity contribution in [2.45, 2.75) is 55.3 Å². The van der Waals surface area contributed by atoms with Crippen molar-refractivity contribution in [2.24, 2.45) is 21.5 Å². The van der Waals surface area contributed by atoms with Crippen molar-refractivity contribution in [3.63, 3.8) is 0 Å². The number of aryl methyl sites for hydroxylation is 1. The molecule has 4 N–H and O–H groups in total. The third kappa shape index (κ3) is 3.92. The Hall–Kier alpha value is -2.87. The molecule has 0 saturated heterocycles. The number of hydrogen-bond donors (Lipinski definition) is 2. The standard InChI is InChI=1S/C22H27N5O2S/c1-16-5-11-19(12-6-16)30(28,29)15-17-7-9-18(10-8-17)27-21(24)25-20(23)26-22(27)13-3-2-4-14-22/h5-12H,2-4,13-15H2,1H3,(H4,23,24,25,26). The first-order valence-corrected chi connectivity index (χ1v) is 11.8. The number of anilines is 1. The molecule has 0 bridgehead atoms. The molecule has 8 heteroatoms. The molecular formula is C22H27N5O2S. The van der Waals surface area contributed by atoms with Crippen molar-refractivity contribution in [1.29, 1.82) is 0 Å². The highest BCUT2D eigenvalue weighted by Gasteiger charge is 2.42. The van der Waals surface area contributed by atoms with Crippen LogP contribution in [-0.4, -0.2) is 26.0 Å². The fraction of sp³-hybridized carbons (Fsp3) is 0.364. The molecule has 2 aliphatic rings. The zero-order chi connectivity index (χ0) is 21.4. The van der Waals surface area contributed by atoms with E-state index in [4.69, 9.17) is 11.5 Å². The molecule has 0 atom stereocenters. The van der Waals surface area contributed by atoms with Crippen LogP contribution in [0.1, 0.15) is 43.2 Å². The molecule has 0 amide bonds. The molecule has 30 heavy (non-hydrogen) atoms. The number of guanidine groups is 2. The molecular weight excluding hydrogens is 398 g/mol. The molecule has 0 aromatic heterocycles. The first-order valence-electron chi connectivity index (χ1n) is 10.2. The summed E-state index contributed by atoms with van der Waals surface area (Å²) in [7, 11) is -3.41. The van der Waals surface area contributed by atoms with Crippen molar-refractivity contribution in [3.8, 4) is 0 Å². The van der Waals surface area contributed by atoms with E-state index in [9.17, 15) is 8.42 Å². The smallest absolute Gasteiger partial charge is 0.220 e. The van der Waals surface area contributed by atoms with Crippen LogP contribution in [0.3, 0.4) is 0 Å². The van der Waals surface area contributed by atoms with E-state index < -0.39 is 15.5 Å². The Labute approximate surface area is 177 Å². The molecule has 1 aliphatic heterocycles. The third-order valence-corrected chi connectivity index (χ3v) is 7.49. The van der Waals surface area contributed by atoms with E-state index in [1.165, 1.54) is 0 Å². The minimum absolute atomic E-state index is 0.0594. The van der Waals surface area contributed by atoms with Gasteiger partial charge in [-0.05, 0) is 62.4 Å². The summed E-state index contributed by atoms with van der Waals surface area (Å²) in [6.07, 6.45) is 4.97. The highest BCUT2D eigenvalue weighted by atomic mass is 32.2. The van der Waals surface area contributed by atoms with Gasteiger partial charge >= 0.3 is 0 Å². The quantitative estimate of drug-likeness (QED) is 0.781. The Morgan fingerprint density at radius 1 is 0.967 bits per heavy atom. The first-order chi connectivity index (χ1) is 14.3. The average Bonchev–Trinajstić information content (AvgIpc) is 2.69. The minimum atomic E-state index is -3.41. The summed E-state index contributed by atoms with van der Waals surface area (Å²) in [5.41, 5.74) is 14.2. The molecule has 2 aromatic carbocycles. The van der Waals surface area contributed by atoms with Crippen LogP contribution in [0.25, 0.3) is 0 Å². The number of rotatable bonds is 4. The van der Waals surface area contributed by atoms with Crippen LogP contribution in [0.4, 0.5) is 5.69 Å². The molecule has 1 saturated carbocycles. The Morgan fingerprint density at radius 3 is 2.23 bits per heavy atom. The SMILES string of the molecule is Cc1ccc(S(=O)(=O)Cc2ccc(N3C(N)=NC(N)=NC34CCCCC4)cc2)cc1. The van der Waals surface area contributed by atoms with Gasteiger partial charge in [-0.1, -0.05) is 36.2 Å². The Balaban J connectivity index is 1.60. The van der Waals surface area contributed by atoms with Gasteiger partial charge in [0.25, 0.3) is 0 Å². The topological polar surface area (TPSA) is 114 Å². The Morgan fingerprint density at radius 2 is 1.60 bits per heavy atom. The zero-order valence-electron chi connectivity index (χ0n) is 17.1. The van der Waals surface area contributed by atoms with Crippen molar-refractivity contribution < 1.29 is 8.42 Å². The molecule has 4 rings (SSSR count). The second-order valence-corrected chi connectivity index (χ2v) is 10.0. The molecule has 1 spiro atoms. The van der Waals surface area contributed by atoms with Gasteiger partial charge in [0, 0.05) is 5.69 Å². The number of hydrogen-bond acceptors (Lipinski definition) is 7. The van der Waals surface area contributed by atoms with Crippen molar-refractivity contribution in [1.82, 2.24) is 0 Å². The predicted molar refractivity (Wildman–Crippen MR) is 120 cm³/mol. The van der Waals surface area contributed by atoms with E-state index in [2.05, 4.69) is 9.98 Å². The molecule has 2 aromatic rings. The molecule has 0 radical (unpaired) electrons. The van der Waals surface area contributed by atoms with Gasteiger partial charge in [-0.2, -0.15) is 4.99 Å². The average molecular weight is 426 g/mol. The lowest BCUT2D eigenvalue weighted by molar-refractivity contribution is 0.305. The van der Waals surface area contributed by atoms with Gasteiger partial charge in [-0.25, -0.2) is 13.4 Å². The summed E-state index contributed by atoms with van der Waals surface area (Å²) in [5.74, 6) is 0.478. The summed E-state index contributed by atoms with van der Waals surface area (Å²) >= 11 is 0. The Bertz CT molecular complexity index is 1080. The number of nitrogens with zero attached hydrogens (tertiary/aromatic N) is 3. The lowest BCUT2D eigenvalue weighted by atomic mass is 9.87. The van der Waals surface area contributed by atoms with E-state index in [0.29, 0.717) is 16.4 Å². The molecule has 158 valence electrons. The van der Waals surface area contributed by atoms with Crippen molar-refractivity contribution in [2.75, 3.05) is 4.90 Å². The molecule has 1 fully saturated rings. The van der Waals surface area contributed by atoms with E-state index >= 15 is 0 Å². The van der Waals surface area contributed by atoms with Crippen LogP contribution in [0.15, 0.2) is 63.4 Å². The summed E-state index contributed by atoms with van der Waals surface area (Å²) in [4.78, 5) is 11.1. The zero-order valence-corrected chi connectivity index (χ0v) is 17.9. The van der Waals surface area contributed by atoms with Gasteiger partial charge in [-0.15, -0.1) is 0 Å². The van der Waals surface area contributed by atoms with Gasteiger partial charge in [0.1, 0.15) is 5.66 Å². The first kappa shape index (κ1) is 20.4. The number of nitrogens with two attached hydrogens (primary N) is 2. The van der Waals surface area contributed by atoms with Crippen LogP contribution in [-0.2, 0) is 15.6 Å². The van der Waals surface area contributed by atoms with Crippen LogP contribution >= 0.6 is 0 Å². The van der Waals surface area contributed by atoms with Crippen LogP contribution in [0.5, 0.6) is 0 Å². The predicted octanol–water partition coefficient (Wildman–Crippen LogP) is 3.08. The maximum absolute atomic E-state index is 12.7. The minimum Gasteiger partial charge on any atom is -0.369 e. The lowest BCUT2D eigenvalue weighted by Crippen LogP contribution is -2.58. The second-order valence-electron chi connectivity index (χ2n) is 8.06. The summed E-state index contributed by atoms with van der Waals surface area (Å²) in [5, 5.41) is 0. The molecule has 1 aliphatic carbocycles. The Kier molecular flexibility index (Phi) is 5.27. The second kappa shape index (κ2) is 7.75. The lowest BCUT2D eigenvalue weighted by Gasteiger charge is -2.45. The fourth-order valence-corrected chi connectivity index (χ4v) is 5.63. The van der Waals surface area contributed by atoms with Gasteiger partial charge in [0.2, 0.25) is 11.9 Å². The number of benzene rings is 2.